The van der Waals surface area contributed by atoms with E-state index in [1.54, 1.807) is 60.7 Å². The lowest BCUT2D eigenvalue weighted by atomic mass is 10.2. The number of hydrogen-bond donors (Lipinski definition) is 0. The van der Waals surface area contributed by atoms with Gasteiger partial charge in [0.05, 0.1) is 26.3 Å². The molecular formula is C29H30N2O5S3. The zero-order valence-corrected chi connectivity index (χ0v) is 24.2. The zero-order chi connectivity index (χ0) is 28.2. The predicted octanol–water partition coefficient (Wildman–Crippen LogP) is 5.03. The van der Waals surface area contributed by atoms with Crippen molar-refractivity contribution in [2.75, 3.05) is 6.54 Å². The van der Waals surface area contributed by atoms with Gasteiger partial charge in [0.2, 0.25) is 10.0 Å². The normalized spacial score (nSPS) is 12.9. The van der Waals surface area contributed by atoms with Crippen molar-refractivity contribution in [2.24, 2.45) is 0 Å². The van der Waals surface area contributed by atoms with Crippen LogP contribution in [-0.4, -0.2) is 35.9 Å². The highest BCUT2D eigenvalue weighted by molar-refractivity contribution is 7.90. The molecule has 0 amide bonds. The lowest BCUT2D eigenvalue weighted by Crippen LogP contribution is -2.31. The topological polar surface area (TPSA) is 93.5 Å². The van der Waals surface area contributed by atoms with Crippen LogP contribution in [0.5, 0.6) is 0 Å². The van der Waals surface area contributed by atoms with Crippen LogP contribution in [0.2, 0.25) is 0 Å². The Morgan fingerprint density at radius 1 is 0.795 bits per heavy atom. The van der Waals surface area contributed by atoms with E-state index in [-0.39, 0.29) is 28.6 Å². The van der Waals surface area contributed by atoms with Gasteiger partial charge in [-0.25, -0.2) is 20.8 Å². The first kappa shape index (κ1) is 28.7. The summed E-state index contributed by atoms with van der Waals surface area (Å²) in [6.45, 7) is 7.33. The molecular weight excluding hydrogens is 553 g/mol. The van der Waals surface area contributed by atoms with E-state index >= 15 is 0 Å². The minimum atomic E-state index is -3.97. The molecule has 1 atom stereocenters. The van der Waals surface area contributed by atoms with Crippen LogP contribution in [0.1, 0.15) is 22.3 Å². The summed E-state index contributed by atoms with van der Waals surface area (Å²) in [4.78, 5) is 0.810. The zero-order valence-electron chi connectivity index (χ0n) is 21.7. The fraction of sp³-hybridized carbons (Fsp3) is 0.172. The Labute approximate surface area is 233 Å². The number of sulfonamides is 1. The first-order valence-electron chi connectivity index (χ1n) is 12.2. The maximum absolute atomic E-state index is 13.5. The molecule has 39 heavy (non-hydrogen) atoms. The van der Waals surface area contributed by atoms with E-state index in [4.69, 9.17) is 0 Å². The molecule has 0 saturated carbocycles. The van der Waals surface area contributed by atoms with E-state index in [2.05, 4.69) is 6.58 Å². The fourth-order valence-corrected chi connectivity index (χ4v) is 7.81. The number of benzene rings is 3. The Morgan fingerprint density at radius 2 is 1.33 bits per heavy atom. The van der Waals surface area contributed by atoms with Crippen LogP contribution < -0.4 is 0 Å². The number of hydrogen-bond acceptors (Lipinski definition) is 5. The smallest absolute Gasteiger partial charge is 0.254 e. The second kappa shape index (κ2) is 11.8. The summed E-state index contributed by atoms with van der Waals surface area (Å²) in [6, 6.07) is 21.8. The Hall–Kier alpha value is -3.31. The molecule has 0 fully saturated rings. The highest BCUT2D eigenvalue weighted by Crippen LogP contribution is 2.26. The Bertz CT molecular complexity index is 1690. The second-order valence-corrected chi connectivity index (χ2v) is 14.4. The van der Waals surface area contributed by atoms with Gasteiger partial charge in [0.25, 0.3) is 10.0 Å². The van der Waals surface area contributed by atoms with Crippen LogP contribution in [0.4, 0.5) is 0 Å². The molecule has 0 aliphatic rings. The van der Waals surface area contributed by atoms with E-state index in [0.29, 0.717) is 16.0 Å². The highest BCUT2D eigenvalue weighted by Gasteiger charge is 2.27. The second-order valence-electron chi connectivity index (χ2n) is 9.16. The lowest BCUT2D eigenvalue weighted by molar-refractivity contribution is 0.438. The average molecular weight is 583 g/mol. The quantitative estimate of drug-likeness (QED) is 0.231. The summed E-state index contributed by atoms with van der Waals surface area (Å²) in [5.41, 5.74) is 2.75. The summed E-state index contributed by atoms with van der Waals surface area (Å²) >= 11 is 0. The van der Waals surface area contributed by atoms with Crippen molar-refractivity contribution in [3.8, 4) is 0 Å². The molecule has 0 spiro atoms. The average Bonchev–Trinajstić information content (AvgIpc) is 3.32. The fourth-order valence-electron chi connectivity index (χ4n) is 3.99. The molecule has 0 bridgehead atoms. The first-order chi connectivity index (χ1) is 18.5. The molecule has 0 radical (unpaired) electrons. The van der Waals surface area contributed by atoms with Crippen LogP contribution in [0.3, 0.4) is 0 Å². The van der Waals surface area contributed by atoms with Gasteiger partial charge in [-0.05, 0) is 61.4 Å². The van der Waals surface area contributed by atoms with Gasteiger partial charge in [-0.3, -0.25) is 4.21 Å². The lowest BCUT2D eigenvalue weighted by Gasteiger charge is -2.21. The molecule has 0 saturated heterocycles. The number of nitrogens with zero attached hydrogens (tertiary/aromatic N) is 2. The standard InChI is InChI=1S/C29H30N2O5S3/c1-4-18-30(38(33,34)28-14-10-23(2)11-15-28)19-25-20-31(39(35,36)29-16-12-24(3)13-17-29)21-26(25)22-37(32)27-8-6-5-7-9-27/h4-17,20-21H,1,18-19,22H2,2-3H3. The van der Waals surface area contributed by atoms with E-state index in [1.165, 1.54) is 34.9 Å². The van der Waals surface area contributed by atoms with Gasteiger partial charge in [0, 0.05) is 30.4 Å². The maximum atomic E-state index is 13.5. The summed E-state index contributed by atoms with van der Waals surface area (Å²) in [7, 11) is -9.38. The molecule has 3 aromatic carbocycles. The molecule has 204 valence electrons. The molecule has 1 aromatic heterocycles. The van der Waals surface area contributed by atoms with Gasteiger partial charge in [-0.1, -0.05) is 59.7 Å². The third-order valence-electron chi connectivity index (χ3n) is 6.21. The van der Waals surface area contributed by atoms with Crippen LogP contribution >= 0.6 is 0 Å². The minimum absolute atomic E-state index is 0.00726. The number of aryl methyl sites for hydroxylation is 2. The molecule has 1 unspecified atom stereocenters. The molecule has 10 heteroatoms. The van der Waals surface area contributed by atoms with E-state index < -0.39 is 30.8 Å². The van der Waals surface area contributed by atoms with Crippen molar-refractivity contribution in [3.05, 3.63) is 126 Å². The minimum Gasteiger partial charge on any atom is -0.254 e. The van der Waals surface area contributed by atoms with E-state index in [9.17, 15) is 21.0 Å². The van der Waals surface area contributed by atoms with E-state index in [0.717, 1.165) is 15.1 Å². The van der Waals surface area contributed by atoms with Gasteiger partial charge in [-0.2, -0.15) is 4.31 Å². The number of rotatable bonds is 11. The highest BCUT2D eigenvalue weighted by atomic mass is 32.2. The molecule has 7 nitrogen and oxygen atoms in total. The van der Waals surface area contributed by atoms with Crippen LogP contribution in [0.15, 0.2) is 119 Å². The Morgan fingerprint density at radius 3 is 1.90 bits per heavy atom. The van der Waals surface area contributed by atoms with Gasteiger partial charge in [0.1, 0.15) is 0 Å². The van der Waals surface area contributed by atoms with Gasteiger partial charge >= 0.3 is 0 Å². The van der Waals surface area contributed by atoms with Gasteiger partial charge in [0.15, 0.2) is 0 Å². The Kier molecular flexibility index (Phi) is 8.70. The van der Waals surface area contributed by atoms with Crippen LogP contribution in [0.25, 0.3) is 0 Å². The van der Waals surface area contributed by atoms with Crippen LogP contribution in [0, 0.1) is 13.8 Å². The van der Waals surface area contributed by atoms with Crippen LogP contribution in [-0.2, 0) is 43.1 Å². The molecule has 0 N–H and O–H groups in total. The summed E-state index contributed by atoms with van der Waals surface area (Å²) in [5.74, 6) is 0.0161. The monoisotopic (exact) mass is 582 g/mol. The summed E-state index contributed by atoms with van der Waals surface area (Å²) in [5, 5.41) is 0. The third kappa shape index (κ3) is 6.47. The third-order valence-corrected chi connectivity index (χ3v) is 11.0. The number of aromatic nitrogens is 1. The van der Waals surface area contributed by atoms with Gasteiger partial charge in [-0.15, -0.1) is 6.58 Å². The van der Waals surface area contributed by atoms with Crippen molar-refractivity contribution < 1.29 is 21.0 Å². The predicted molar refractivity (Wildman–Crippen MR) is 154 cm³/mol. The SMILES string of the molecule is C=CCN(Cc1cn(S(=O)(=O)c2ccc(C)cc2)cc1CS(=O)c1ccccc1)S(=O)(=O)c1ccc(C)cc1. The summed E-state index contributed by atoms with van der Waals surface area (Å²) < 4.78 is 69.5. The van der Waals surface area contributed by atoms with Crippen molar-refractivity contribution in [2.45, 2.75) is 40.8 Å². The molecule has 4 rings (SSSR count). The van der Waals surface area contributed by atoms with Crippen molar-refractivity contribution >= 4 is 30.8 Å². The van der Waals surface area contributed by atoms with Crippen molar-refractivity contribution in [3.63, 3.8) is 0 Å². The van der Waals surface area contributed by atoms with Gasteiger partial charge < -0.3 is 0 Å². The molecule has 4 aromatic rings. The van der Waals surface area contributed by atoms with E-state index in [1.807, 2.05) is 19.9 Å². The first-order valence-corrected chi connectivity index (χ1v) is 16.4. The molecule has 1 heterocycles. The largest absolute Gasteiger partial charge is 0.267 e. The molecule has 0 aliphatic heterocycles. The van der Waals surface area contributed by atoms with Crippen molar-refractivity contribution in [1.82, 2.24) is 8.28 Å². The Balaban J connectivity index is 1.77. The maximum Gasteiger partial charge on any atom is 0.267 e. The molecule has 0 aliphatic carbocycles. The van der Waals surface area contributed by atoms with Crippen molar-refractivity contribution in [1.29, 1.82) is 0 Å². The summed E-state index contributed by atoms with van der Waals surface area (Å²) in [6.07, 6.45) is 4.32.